The molecule has 1 saturated carbocycles. The number of aliphatic hydroxyl groups is 1. The average molecular weight is 226 g/mol. The van der Waals surface area contributed by atoms with Crippen LogP contribution in [0.2, 0.25) is 0 Å². The predicted octanol–water partition coefficient (Wildman–Crippen LogP) is 1.57. The maximum atomic E-state index is 9.64. The van der Waals surface area contributed by atoms with Gasteiger partial charge in [-0.15, -0.1) is 11.3 Å². The molecule has 1 heterocycles. The van der Waals surface area contributed by atoms with Gasteiger partial charge in [-0.05, 0) is 25.2 Å². The Bertz CT molecular complexity index is 309. The first-order valence-electron chi connectivity index (χ1n) is 5.61. The summed E-state index contributed by atoms with van der Waals surface area (Å²) in [5, 5.41) is 16.2. The first-order valence-corrected chi connectivity index (χ1v) is 6.49. The quantitative estimate of drug-likeness (QED) is 0.774. The van der Waals surface area contributed by atoms with E-state index in [1.807, 2.05) is 0 Å². The number of thiazole rings is 1. The predicted molar refractivity (Wildman–Crippen MR) is 61.9 cm³/mol. The second-order valence-corrected chi connectivity index (χ2v) is 5.06. The third-order valence-electron chi connectivity index (χ3n) is 2.73. The molecule has 3 nitrogen and oxygen atoms in total. The lowest BCUT2D eigenvalue weighted by atomic mass is 10.2. The molecular weight excluding hydrogens is 208 g/mol. The largest absolute Gasteiger partial charge is 0.392 e. The van der Waals surface area contributed by atoms with E-state index in [0.717, 1.165) is 18.7 Å². The number of nitrogens with one attached hydrogen (secondary N) is 1. The lowest BCUT2D eigenvalue weighted by Crippen LogP contribution is -2.27. The molecule has 1 aliphatic carbocycles. The third-order valence-corrected chi connectivity index (χ3v) is 3.77. The Balaban J connectivity index is 1.68. The Kier molecular flexibility index (Phi) is 3.72. The molecule has 0 aromatic carbocycles. The molecule has 0 spiro atoms. The summed E-state index contributed by atoms with van der Waals surface area (Å²) in [4.78, 5) is 4.46. The van der Waals surface area contributed by atoms with Crippen molar-refractivity contribution in [1.82, 2.24) is 10.3 Å². The summed E-state index contributed by atoms with van der Waals surface area (Å²) < 4.78 is 0. The number of nitrogens with zero attached hydrogens (tertiary/aromatic N) is 1. The summed E-state index contributed by atoms with van der Waals surface area (Å²) in [6.45, 7) is 3.59. The van der Waals surface area contributed by atoms with E-state index in [1.165, 1.54) is 17.8 Å². The molecule has 1 fully saturated rings. The summed E-state index contributed by atoms with van der Waals surface area (Å²) in [6, 6.07) is 0. The molecule has 15 heavy (non-hydrogen) atoms. The van der Waals surface area contributed by atoms with Crippen molar-refractivity contribution in [1.29, 1.82) is 0 Å². The van der Waals surface area contributed by atoms with Crippen LogP contribution in [-0.4, -0.2) is 22.7 Å². The van der Waals surface area contributed by atoms with Gasteiger partial charge in [-0.3, -0.25) is 0 Å². The van der Waals surface area contributed by atoms with E-state index in [-0.39, 0.29) is 6.10 Å². The number of aryl methyl sites for hydroxylation is 1. The first kappa shape index (κ1) is 11.0. The molecular formula is C11H18N2OS. The maximum absolute atomic E-state index is 9.64. The third kappa shape index (κ3) is 3.26. The SMILES string of the molecule is CCc1nc(CNCC(O)C2CC2)cs1. The highest BCUT2D eigenvalue weighted by atomic mass is 32.1. The lowest BCUT2D eigenvalue weighted by molar-refractivity contribution is 0.148. The number of hydrogen-bond acceptors (Lipinski definition) is 4. The zero-order chi connectivity index (χ0) is 10.7. The minimum Gasteiger partial charge on any atom is -0.392 e. The standard InChI is InChI=1S/C11H18N2OS/c1-2-11-13-9(7-15-11)5-12-6-10(14)8-3-4-8/h7-8,10,12,14H,2-6H2,1H3. The van der Waals surface area contributed by atoms with E-state index in [9.17, 15) is 5.11 Å². The molecule has 84 valence electrons. The summed E-state index contributed by atoms with van der Waals surface area (Å²) in [6.07, 6.45) is 3.24. The highest BCUT2D eigenvalue weighted by Gasteiger charge is 2.29. The van der Waals surface area contributed by atoms with Crippen LogP contribution in [0.4, 0.5) is 0 Å². The molecule has 0 bridgehead atoms. The van der Waals surface area contributed by atoms with Crippen LogP contribution >= 0.6 is 11.3 Å². The highest BCUT2D eigenvalue weighted by molar-refractivity contribution is 7.09. The smallest absolute Gasteiger partial charge is 0.0926 e. The van der Waals surface area contributed by atoms with E-state index in [0.29, 0.717) is 12.5 Å². The molecule has 1 atom stereocenters. The summed E-state index contributed by atoms with van der Waals surface area (Å²) >= 11 is 1.71. The average Bonchev–Trinajstić information content (AvgIpc) is 2.99. The van der Waals surface area contributed by atoms with Crippen molar-refractivity contribution < 1.29 is 5.11 Å². The normalized spacial score (nSPS) is 18.0. The van der Waals surface area contributed by atoms with Gasteiger partial charge in [-0.2, -0.15) is 0 Å². The fourth-order valence-corrected chi connectivity index (χ4v) is 2.33. The fourth-order valence-electron chi connectivity index (χ4n) is 1.59. The van der Waals surface area contributed by atoms with E-state index in [1.54, 1.807) is 11.3 Å². The minimum absolute atomic E-state index is 0.158. The van der Waals surface area contributed by atoms with Gasteiger partial charge in [0.1, 0.15) is 0 Å². The van der Waals surface area contributed by atoms with Gasteiger partial charge in [-0.1, -0.05) is 6.92 Å². The summed E-state index contributed by atoms with van der Waals surface area (Å²) in [7, 11) is 0. The molecule has 1 aromatic rings. The van der Waals surface area contributed by atoms with Crippen molar-refractivity contribution in [3.63, 3.8) is 0 Å². The number of aliphatic hydroxyl groups excluding tert-OH is 1. The molecule has 2 N–H and O–H groups in total. The first-order chi connectivity index (χ1) is 7.29. The topological polar surface area (TPSA) is 45.2 Å². The molecule has 1 aliphatic rings. The van der Waals surface area contributed by atoms with Crippen LogP contribution in [0.5, 0.6) is 0 Å². The van der Waals surface area contributed by atoms with Crippen LogP contribution in [0.3, 0.4) is 0 Å². The molecule has 4 heteroatoms. The van der Waals surface area contributed by atoms with Crippen molar-refractivity contribution in [2.75, 3.05) is 6.54 Å². The van der Waals surface area contributed by atoms with E-state index in [2.05, 4.69) is 22.6 Å². The van der Waals surface area contributed by atoms with Crippen LogP contribution in [0, 0.1) is 5.92 Å². The minimum atomic E-state index is -0.158. The fraction of sp³-hybridized carbons (Fsp3) is 0.727. The second-order valence-electron chi connectivity index (χ2n) is 4.12. The van der Waals surface area contributed by atoms with E-state index < -0.39 is 0 Å². The van der Waals surface area contributed by atoms with Crippen molar-refractivity contribution in [2.45, 2.75) is 38.8 Å². The molecule has 0 saturated heterocycles. The Hall–Kier alpha value is -0.450. The van der Waals surface area contributed by atoms with Gasteiger partial charge in [0.2, 0.25) is 0 Å². The van der Waals surface area contributed by atoms with E-state index in [4.69, 9.17) is 0 Å². The van der Waals surface area contributed by atoms with Crippen LogP contribution < -0.4 is 5.32 Å². The van der Waals surface area contributed by atoms with Gasteiger partial charge in [0, 0.05) is 18.5 Å². The van der Waals surface area contributed by atoms with Gasteiger partial charge < -0.3 is 10.4 Å². The van der Waals surface area contributed by atoms with Crippen LogP contribution in [0.15, 0.2) is 5.38 Å². The van der Waals surface area contributed by atoms with Crippen molar-refractivity contribution >= 4 is 11.3 Å². The molecule has 1 unspecified atom stereocenters. The van der Waals surface area contributed by atoms with Crippen LogP contribution in [0.1, 0.15) is 30.5 Å². The molecule has 0 aliphatic heterocycles. The molecule has 2 rings (SSSR count). The van der Waals surface area contributed by atoms with Crippen LogP contribution in [0.25, 0.3) is 0 Å². The molecule has 1 aromatic heterocycles. The van der Waals surface area contributed by atoms with Crippen molar-refractivity contribution in [2.24, 2.45) is 5.92 Å². The Morgan fingerprint density at radius 3 is 3.07 bits per heavy atom. The number of hydrogen-bond donors (Lipinski definition) is 2. The Morgan fingerprint density at radius 2 is 2.47 bits per heavy atom. The zero-order valence-electron chi connectivity index (χ0n) is 9.07. The zero-order valence-corrected chi connectivity index (χ0v) is 9.89. The number of aromatic nitrogens is 1. The van der Waals surface area contributed by atoms with Gasteiger partial charge in [0.15, 0.2) is 0 Å². The highest BCUT2D eigenvalue weighted by Crippen LogP contribution is 2.32. The summed E-state index contributed by atoms with van der Waals surface area (Å²) in [5.41, 5.74) is 1.10. The second kappa shape index (κ2) is 5.05. The van der Waals surface area contributed by atoms with E-state index >= 15 is 0 Å². The van der Waals surface area contributed by atoms with Gasteiger partial charge in [0.05, 0.1) is 16.8 Å². The van der Waals surface area contributed by atoms with Gasteiger partial charge >= 0.3 is 0 Å². The number of rotatable bonds is 6. The lowest BCUT2D eigenvalue weighted by Gasteiger charge is -2.09. The van der Waals surface area contributed by atoms with Crippen molar-refractivity contribution in [3.8, 4) is 0 Å². The summed E-state index contributed by atoms with van der Waals surface area (Å²) in [5.74, 6) is 0.555. The molecule has 0 radical (unpaired) electrons. The molecule has 0 amide bonds. The Morgan fingerprint density at radius 1 is 1.67 bits per heavy atom. The van der Waals surface area contributed by atoms with Crippen molar-refractivity contribution in [3.05, 3.63) is 16.1 Å². The Labute approximate surface area is 94.5 Å². The van der Waals surface area contributed by atoms with Gasteiger partial charge in [0.25, 0.3) is 0 Å². The van der Waals surface area contributed by atoms with Crippen LogP contribution in [-0.2, 0) is 13.0 Å². The van der Waals surface area contributed by atoms with Gasteiger partial charge in [-0.25, -0.2) is 4.98 Å². The maximum Gasteiger partial charge on any atom is 0.0926 e. The monoisotopic (exact) mass is 226 g/mol.